The first-order valence-electron chi connectivity index (χ1n) is 28.0. The Morgan fingerprint density at radius 3 is 0.984 bits per heavy atom. The Bertz CT molecular complexity index is 886. The molecule has 0 heterocycles. The van der Waals surface area contributed by atoms with Crippen molar-refractivity contribution in [1.82, 2.24) is 5.32 Å². The Morgan fingerprint density at radius 2 is 0.672 bits per heavy atom. The SMILES string of the molecule is CCCCCCCCCCC/C=C\C/C=C\CCCCCCCCCCCCCCCCCCCC(=O)NC(CO)C(O)CCCCCCCCCCCCCCCCCC. The van der Waals surface area contributed by atoms with Gasteiger partial charge in [-0.25, -0.2) is 0 Å². The summed E-state index contributed by atoms with van der Waals surface area (Å²) in [5.41, 5.74) is 0. The third kappa shape index (κ3) is 49.7. The van der Waals surface area contributed by atoms with Crippen LogP contribution in [0.1, 0.15) is 316 Å². The van der Waals surface area contributed by atoms with Crippen LogP contribution >= 0.6 is 0 Å². The molecule has 0 aliphatic heterocycles. The first-order valence-corrected chi connectivity index (χ1v) is 28.0. The first-order chi connectivity index (χ1) is 30.2. The molecular weight excluding hydrogens is 747 g/mol. The van der Waals surface area contributed by atoms with E-state index in [0.717, 1.165) is 32.1 Å². The largest absolute Gasteiger partial charge is 0.394 e. The minimum Gasteiger partial charge on any atom is -0.394 e. The number of amides is 1. The summed E-state index contributed by atoms with van der Waals surface area (Å²) in [5, 5.41) is 23.3. The Balaban J connectivity index is 3.41. The summed E-state index contributed by atoms with van der Waals surface area (Å²) in [4.78, 5) is 12.5. The highest BCUT2D eigenvalue weighted by molar-refractivity contribution is 5.76. The van der Waals surface area contributed by atoms with Gasteiger partial charge in [0, 0.05) is 6.42 Å². The molecular formula is C57H111NO3. The van der Waals surface area contributed by atoms with Gasteiger partial charge in [0.2, 0.25) is 5.91 Å². The molecule has 0 aromatic heterocycles. The van der Waals surface area contributed by atoms with Crippen LogP contribution in [-0.4, -0.2) is 34.9 Å². The lowest BCUT2D eigenvalue weighted by Gasteiger charge is -2.22. The number of hydrogen-bond donors (Lipinski definition) is 3. The lowest BCUT2D eigenvalue weighted by Crippen LogP contribution is -2.45. The third-order valence-electron chi connectivity index (χ3n) is 13.2. The number of aliphatic hydroxyl groups excluding tert-OH is 2. The van der Waals surface area contributed by atoms with E-state index >= 15 is 0 Å². The molecule has 0 rings (SSSR count). The zero-order chi connectivity index (χ0) is 44.2. The molecule has 0 saturated heterocycles. The number of carbonyl (C=O) groups excluding carboxylic acids is 1. The lowest BCUT2D eigenvalue weighted by atomic mass is 10.0. The van der Waals surface area contributed by atoms with Gasteiger partial charge in [-0.2, -0.15) is 0 Å². The standard InChI is InChI=1S/C57H111NO3/c1-3-5-7-9-11-13-15-17-19-21-22-23-24-25-26-27-28-29-30-31-32-33-34-35-36-37-39-41-43-45-47-49-51-53-57(61)58-55(54-59)56(60)52-50-48-46-44-42-40-38-20-18-16-14-12-10-8-6-4-2/h22-23,25-26,55-56,59-60H,3-21,24,27-54H2,1-2H3,(H,58,61)/b23-22-,26-25-. The fourth-order valence-corrected chi connectivity index (χ4v) is 8.92. The molecule has 0 aliphatic rings. The van der Waals surface area contributed by atoms with E-state index in [1.807, 2.05) is 0 Å². The van der Waals surface area contributed by atoms with Gasteiger partial charge in [-0.15, -0.1) is 0 Å². The van der Waals surface area contributed by atoms with Crippen LogP contribution in [0.4, 0.5) is 0 Å². The molecule has 4 nitrogen and oxygen atoms in total. The van der Waals surface area contributed by atoms with E-state index in [4.69, 9.17) is 0 Å². The van der Waals surface area contributed by atoms with Crippen LogP contribution in [0, 0.1) is 0 Å². The molecule has 0 saturated carbocycles. The molecule has 0 aromatic rings. The molecule has 61 heavy (non-hydrogen) atoms. The van der Waals surface area contributed by atoms with Crippen molar-refractivity contribution >= 4 is 5.91 Å². The topological polar surface area (TPSA) is 69.6 Å². The summed E-state index contributed by atoms with van der Waals surface area (Å²) in [6.45, 7) is 4.39. The van der Waals surface area contributed by atoms with Crippen LogP contribution in [0.15, 0.2) is 24.3 Å². The molecule has 0 aliphatic carbocycles. The molecule has 0 radical (unpaired) electrons. The van der Waals surface area contributed by atoms with Crippen molar-refractivity contribution in [2.75, 3.05) is 6.61 Å². The van der Waals surface area contributed by atoms with Gasteiger partial charge in [0.15, 0.2) is 0 Å². The molecule has 0 spiro atoms. The quantitative estimate of drug-likeness (QED) is 0.0422. The summed E-state index contributed by atoms with van der Waals surface area (Å²) in [5.74, 6) is -0.0262. The van der Waals surface area contributed by atoms with E-state index in [0.29, 0.717) is 12.8 Å². The van der Waals surface area contributed by atoms with Crippen LogP contribution in [0.25, 0.3) is 0 Å². The number of nitrogens with one attached hydrogen (secondary N) is 1. The van der Waals surface area contributed by atoms with Gasteiger partial charge in [0.1, 0.15) is 0 Å². The average Bonchev–Trinajstić information content (AvgIpc) is 3.26. The van der Waals surface area contributed by atoms with Gasteiger partial charge in [-0.3, -0.25) is 4.79 Å². The Morgan fingerprint density at radius 1 is 0.393 bits per heavy atom. The summed E-state index contributed by atoms with van der Waals surface area (Å²) in [6.07, 6.45) is 70.2. The van der Waals surface area contributed by atoms with E-state index in [-0.39, 0.29) is 12.5 Å². The zero-order valence-corrected chi connectivity index (χ0v) is 41.7. The summed E-state index contributed by atoms with van der Waals surface area (Å²) >= 11 is 0. The highest BCUT2D eigenvalue weighted by atomic mass is 16.3. The summed E-state index contributed by atoms with van der Waals surface area (Å²) < 4.78 is 0. The second-order valence-electron chi connectivity index (χ2n) is 19.4. The summed E-state index contributed by atoms with van der Waals surface area (Å²) in [7, 11) is 0. The molecule has 4 heteroatoms. The molecule has 2 atom stereocenters. The van der Waals surface area contributed by atoms with Crippen molar-refractivity contribution in [2.45, 2.75) is 328 Å². The Kier molecular flexibility index (Phi) is 52.2. The smallest absolute Gasteiger partial charge is 0.220 e. The lowest BCUT2D eigenvalue weighted by molar-refractivity contribution is -0.123. The Hall–Kier alpha value is -1.13. The van der Waals surface area contributed by atoms with E-state index < -0.39 is 12.1 Å². The van der Waals surface area contributed by atoms with Crippen LogP contribution in [0.5, 0.6) is 0 Å². The minimum atomic E-state index is -0.657. The molecule has 0 fully saturated rings. The third-order valence-corrected chi connectivity index (χ3v) is 13.2. The van der Waals surface area contributed by atoms with E-state index in [9.17, 15) is 15.0 Å². The van der Waals surface area contributed by atoms with Crippen molar-refractivity contribution < 1.29 is 15.0 Å². The van der Waals surface area contributed by atoms with Gasteiger partial charge >= 0.3 is 0 Å². The maximum atomic E-state index is 12.5. The second kappa shape index (κ2) is 53.2. The first kappa shape index (κ1) is 59.9. The predicted octanol–water partition coefficient (Wildman–Crippen LogP) is 18.3. The number of aliphatic hydroxyl groups is 2. The van der Waals surface area contributed by atoms with Gasteiger partial charge < -0.3 is 15.5 Å². The fraction of sp³-hybridized carbons (Fsp3) is 0.912. The molecule has 0 bridgehead atoms. The highest BCUT2D eigenvalue weighted by Gasteiger charge is 2.20. The normalized spacial score (nSPS) is 12.9. The van der Waals surface area contributed by atoms with E-state index in [2.05, 4.69) is 43.5 Å². The van der Waals surface area contributed by atoms with Crippen LogP contribution < -0.4 is 5.32 Å². The second-order valence-corrected chi connectivity index (χ2v) is 19.4. The van der Waals surface area contributed by atoms with Crippen molar-refractivity contribution in [3.8, 4) is 0 Å². The number of unbranched alkanes of at least 4 members (excludes halogenated alkanes) is 41. The van der Waals surface area contributed by atoms with Crippen LogP contribution in [0.3, 0.4) is 0 Å². The molecule has 1 amide bonds. The highest BCUT2D eigenvalue weighted by Crippen LogP contribution is 2.17. The van der Waals surface area contributed by atoms with Crippen molar-refractivity contribution in [1.29, 1.82) is 0 Å². The van der Waals surface area contributed by atoms with Crippen molar-refractivity contribution in [3.63, 3.8) is 0 Å². The Labute approximate surface area is 383 Å². The monoisotopic (exact) mass is 858 g/mol. The van der Waals surface area contributed by atoms with E-state index in [1.54, 1.807) is 0 Å². The number of hydrogen-bond acceptors (Lipinski definition) is 3. The fourth-order valence-electron chi connectivity index (χ4n) is 8.92. The van der Waals surface area contributed by atoms with Gasteiger partial charge in [0.05, 0.1) is 18.8 Å². The average molecular weight is 859 g/mol. The van der Waals surface area contributed by atoms with Crippen LogP contribution in [-0.2, 0) is 4.79 Å². The molecule has 3 N–H and O–H groups in total. The number of allylic oxidation sites excluding steroid dienone is 4. The maximum Gasteiger partial charge on any atom is 0.220 e. The van der Waals surface area contributed by atoms with Gasteiger partial charge in [-0.05, 0) is 44.9 Å². The predicted molar refractivity (Wildman–Crippen MR) is 272 cm³/mol. The molecule has 0 aromatic carbocycles. The maximum absolute atomic E-state index is 12.5. The summed E-state index contributed by atoms with van der Waals surface area (Å²) in [6, 6.07) is -0.534. The molecule has 2 unspecified atom stereocenters. The minimum absolute atomic E-state index is 0.0262. The van der Waals surface area contributed by atoms with Gasteiger partial charge in [0.25, 0.3) is 0 Å². The zero-order valence-electron chi connectivity index (χ0n) is 41.7. The van der Waals surface area contributed by atoms with Gasteiger partial charge in [-0.1, -0.05) is 289 Å². The molecule has 362 valence electrons. The van der Waals surface area contributed by atoms with Crippen molar-refractivity contribution in [3.05, 3.63) is 24.3 Å². The van der Waals surface area contributed by atoms with Crippen molar-refractivity contribution in [2.24, 2.45) is 0 Å². The number of rotatable bonds is 52. The van der Waals surface area contributed by atoms with Crippen LogP contribution in [0.2, 0.25) is 0 Å². The van der Waals surface area contributed by atoms with E-state index in [1.165, 1.54) is 257 Å². The number of carbonyl (C=O) groups is 1.